The van der Waals surface area contributed by atoms with Crippen molar-refractivity contribution in [3.8, 4) is 11.5 Å². The Hall–Kier alpha value is -2.98. The van der Waals surface area contributed by atoms with Gasteiger partial charge in [-0.3, -0.25) is 4.90 Å². The zero-order valence-corrected chi connectivity index (χ0v) is 18.3. The summed E-state index contributed by atoms with van der Waals surface area (Å²) in [6.07, 6.45) is -3.47. The van der Waals surface area contributed by atoms with E-state index in [0.717, 1.165) is 24.8 Å². The van der Waals surface area contributed by atoms with Crippen molar-refractivity contribution < 1.29 is 27.4 Å². The number of halogens is 3. The van der Waals surface area contributed by atoms with Crippen LogP contribution in [0.4, 0.5) is 18.9 Å². The Morgan fingerprint density at radius 1 is 1.21 bits per heavy atom. The number of benzene rings is 2. The highest BCUT2D eigenvalue weighted by molar-refractivity contribution is 5.91. The van der Waals surface area contributed by atoms with Gasteiger partial charge < -0.3 is 19.5 Å². The summed E-state index contributed by atoms with van der Waals surface area (Å²) in [5.74, 6) is 1.38. The van der Waals surface area contributed by atoms with Crippen molar-refractivity contribution in [3.63, 3.8) is 0 Å². The predicted molar refractivity (Wildman–Crippen MR) is 117 cm³/mol. The van der Waals surface area contributed by atoms with Gasteiger partial charge >= 0.3 is 6.30 Å². The minimum absolute atomic E-state index is 0.0369. The number of methoxy groups -OCH3 is 1. The van der Waals surface area contributed by atoms with Crippen LogP contribution in [0.3, 0.4) is 0 Å². The molecule has 0 radical (unpaired) electrons. The molecule has 1 aromatic heterocycles. The summed E-state index contributed by atoms with van der Waals surface area (Å²) in [6.45, 7) is 4.58. The second-order valence-electron chi connectivity index (χ2n) is 8.36. The first-order chi connectivity index (χ1) is 15.8. The molecule has 0 aliphatic carbocycles. The normalized spacial score (nSPS) is 23.7. The maximum absolute atomic E-state index is 13.3. The van der Waals surface area contributed by atoms with Gasteiger partial charge in [-0.05, 0) is 31.2 Å². The maximum Gasteiger partial charge on any atom is 0.504 e. The van der Waals surface area contributed by atoms with Crippen LogP contribution in [0, 0.1) is 0 Å². The molecule has 2 aromatic carbocycles. The number of morpholine rings is 1. The summed E-state index contributed by atoms with van der Waals surface area (Å²) in [4.78, 5) is 2.32. The third kappa shape index (κ3) is 4.20. The average Bonchev–Trinajstić information content (AvgIpc) is 3.25. The summed E-state index contributed by atoms with van der Waals surface area (Å²) in [7, 11) is 1.59. The van der Waals surface area contributed by atoms with Crippen LogP contribution in [-0.2, 0) is 11.0 Å². The minimum Gasteiger partial charge on any atom is -0.497 e. The molecule has 176 valence electrons. The first kappa shape index (κ1) is 21.8. The van der Waals surface area contributed by atoms with E-state index in [4.69, 9.17) is 14.2 Å². The number of hydrogen-bond acceptors (Lipinski definition) is 6. The fourth-order valence-corrected chi connectivity index (χ4v) is 4.61. The highest BCUT2D eigenvalue weighted by Gasteiger charge is 2.38. The Morgan fingerprint density at radius 2 is 2.06 bits per heavy atom. The van der Waals surface area contributed by atoms with Crippen LogP contribution < -0.4 is 14.8 Å². The van der Waals surface area contributed by atoms with Gasteiger partial charge in [0.05, 0.1) is 37.4 Å². The Kier molecular flexibility index (Phi) is 5.57. The fourth-order valence-electron chi connectivity index (χ4n) is 4.61. The molecule has 7 nitrogen and oxygen atoms in total. The lowest BCUT2D eigenvalue weighted by Crippen LogP contribution is -2.54. The molecule has 0 spiro atoms. The van der Waals surface area contributed by atoms with Gasteiger partial charge in [-0.1, -0.05) is 6.07 Å². The number of aromatic nitrogens is 2. The van der Waals surface area contributed by atoms with E-state index in [1.54, 1.807) is 25.3 Å². The smallest absolute Gasteiger partial charge is 0.497 e. The van der Waals surface area contributed by atoms with Gasteiger partial charge in [0.15, 0.2) is 0 Å². The SMILES string of the molecule is COc1ccc2c(c1)OC[C@H](N1CCO[C@H](C)C1)[C@H]2Nc1cccc2nn(C(F)(F)F)cc12. The number of alkyl halides is 3. The molecule has 5 rings (SSSR count). The maximum atomic E-state index is 13.3. The van der Waals surface area contributed by atoms with Crippen LogP contribution in [0.1, 0.15) is 18.5 Å². The monoisotopic (exact) mass is 462 g/mol. The first-order valence-electron chi connectivity index (χ1n) is 10.8. The summed E-state index contributed by atoms with van der Waals surface area (Å²) in [5.41, 5.74) is 1.78. The van der Waals surface area contributed by atoms with Gasteiger partial charge in [-0.25, -0.2) is 0 Å². The molecule has 0 bridgehead atoms. The molecule has 1 fully saturated rings. The quantitative estimate of drug-likeness (QED) is 0.629. The molecule has 3 aromatic rings. The van der Waals surface area contributed by atoms with Crippen molar-refractivity contribution in [3.05, 3.63) is 48.2 Å². The zero-order valence-electron chi connectivity index (χ0n) is 18.3. The highest BCUT2D eigenvalue weighted by Crippen LogP contribution is 2.40. The van der Waals surface area contributed by atoms with E-state index in [1.165, 1.54) is 0 Å². The molecular weight excluding hydrogens is 437 g/mol. The standard InChI is InChI=1S/C23H25F3N4O3/c1-14-11-29(8-9-32-14)20-13-33-21-10-15(31-2)6-7-16(21)22(20)27-18-4-3-5-19-17(18)12-30(28-19)23(24,25)26/h3-7,10,12,14,20,22,27H,8-9,11,13H2,1-2H3/t14-,20+,22+/m1/s1. The van der Waals surface area contributed by atoms with Crippen LogP contribution in [0.2, 0.25) is 0 Å². The number of anilines is 1. The lowest BCUT2D eigenvalue weighted by molar-refractivity contribution is -0.211. The topological polar surface area (TPSA) is 60.8 Å². The van der Waals surface area contributed by atoms with Gasteiger partial charge in [0.1, 0.15) is 18.1 Å². The van der Waals surface area contributed by atoms with Crippen molar-refractivity contribution >= 4 is 16.6 Å². The third-order valence-electron chi connectivity index (χ3n) is 6.21. The molecule has 10 heteroatoms. The number of nitrogens with one attached hydrogen (secondary N) is 1. The first-order valence-corrected chi connectivity index (χ1v) is 10.8. The van der Waals surface area contributed by atoms with Crippen molar-refractivity contribution in [2.24, 2.45) is 0 Å². The largest absolute Gasteiger partial charge is 0.504 e. The van der Waals surface area contributed by atoms with Crippen LogP contribution in [0.25, 0.3) is 10.9 Å². The fraction of sp³-hybridized carbons (Fsp3) is 0.435. The van der Waals surface area contributed by atoms with Gasteiger partial charge in [-0.15, -0.1) is 13.2 Å². The summed E-state index contributed by atoms with van der Waals surface area (Å²) < 4.78 is 57.0. The van der Waals surface area contributed by atoms with E-state index in [2.05, 4.69) is 15.3 Å². The summed E-state index contributed by atoms with van der Waals surface area (Å²) in [5, 5.41) is 7.64. The molecular formula is C23H25F3N4O3. The average molecular weight is 462 g/mol. The number of nitrogens with zero attached hydrogens (tertiary/aromatic N) is 3. The minimum atomic E-state index is -4.58. The van der Waals surface area contributed by atoms with Gasteiger partial charge in [0.25, 0.3) is 0 Å². The lowest BCUT2D eigenvalue weighted by Gasteiger charge is -2.44. The number of ether oxygens (including phenoxy) is 3. The molecule has 2 aliphatic rings. The third-order valence-corrected chi connectivity index (χ3v) is 6.21. The van der Waals surface area contributed by atoms with Gasteiger partial charge in [0, 0.05) is 42.0 Å². The predicted octanol–water partition coefficient (Wildman–Crippen LogP) is 4.16. The second-order valence-corrected chi connectivity index (χ2v) is 8.36. The van der Waals surface area contributed by atoms with E-state index in [0.29, 0.717) is 35.8 Å². The van der Waals surface area contributed by atoms with E-state index >= 15 is 0 Å². The van der Waals surface area contributed by atoms with Crippen molar-refractivity contribution in [2.75, 3.05) is 38.7 Å². The molecule has 0 amide bonds. The number of fused-ring (bicyclic) bond motifs is 2. The van der Waals surface area contributed by atoms with Crippen LogP contribution in [-0.4, -0.2) is 60.2 Å². The molecule has 0 saturated carbocycles. The Bertz CT molecular complexity index is 1150. The molecule has 1 N–H and O–H groups in total. The Morgan fingerprint density at radius 3 is 2.82 bits per heavy atom. The number of hydrogen-bond donors (Lipinski definition) is 1. The lowest BCUT2D eigenvalue weighted by atomic mass is 9.93. The van der Waals surface area contributed by atoms with E-state index in [1.807, 2.05) is 25.1 Å². The van der Waals surface area contributed by atoms with Gasteiger partial charge in [-0.2, -0.15) is 9.78 Å². The molecule has 1 saturated heterocycles. The molecule has 3 heterocycles. The Balaban J connectivity index is 1.55. The molecule has 0 unspecified atom stereocenters. The number of rotatable bonds is 4. The van der Waals surface area contributed by atoms with Crippen LogP contribution >= 0.6 is 0 Å². The van der Waals surface area contributed by atoms with Crippen molar-refractivity contribution in [2.45, 2.75) is 31.4 Å². The summed E-state index contributed by atoms with van der Waals surface area (Å²) >= 11 is 0. The Labute approximate surface area is 189 Å². The second kappa shape index (κ2) is 8.42. The van der Waals surface area contributed by atoms with Crippen LogP contribution in [0.15, 0.2) is 42.6 Å². The highest BCUT2D eigenvalue weighted by atomic mass is 19.4. The van der Waals surface area contributed by atoms with Crippen molar-refractivity contribution in [1.29, 1.82) is 0 Å². The zero-order chi connectivity index (χ0) is 23.2. The molecule has 2 aliphatic heterocycles. The molecule has 3 atom stereocenters. The van der Waals surface area contributed by atoms with E-state index in [-0.39, 0.29) is 28.4 Å². The van der Waals surface area contributed by atoms with Gasteiger partial charge in [0.2, 0.25) is 0 Å². The van der Waals surface area contributed by atoms with Crippen molar-refractivity contribution in [1.82, 2.24) is 14.7 Å². The summed E-state index contributed by atoms with van der Waals surface area (Å²) in [6, 6.07) is 10.5. The van der Waals surface area contributed by atoms with Crippen LogP contribution in [0.5, 0.6) is 11.5 Å². The van der Waals surface area contributed by atoms with E-state index < -0.39 is 6.30 Å². The van der Waals surface area contributed by atoms with E-state index in [9.17, 15) is 13.2 Å². The molecule has 33 heavy (non-hydrogen) atoms.